The molecule has 0 aliphatic carbocycles. The summed E-state index contributed by atoms with van der Waals surface area (Å²) in [6.07, 6.45) is 0.770. The fraction of sp³-hybridized carbons (Fsp3) is 0.909. The average molecular weight is 283 g/mol. The third kappa shape index (κ3) is 4.62. The summed E-state index contributed by atoms with van der Waals surface area (Å²) in [4.78, 5) is 13.8. The second-order valence-electron chi connectivity index (χ2n) is 4.02. The Bertz CT molecular complexity index is 236. The number of halogens is 2. The first kappa shape index (κ1) is 15.0. The van der Waals surface area contributed by atoms with E-state index in [1.807, 2.05) is 6.92 Å². The molecule has 0 saturated carbocycles. The van der Waals surface area contributed by atoms with Crippen molar-refractivity contribution in [2.45, 2.75) is 25.4 Å². The summed E-state index contributed by atoms with van der Waals surface area (Å²) in [5, 5.41) is 3.19. The lowest BCUT2D eigenvalue weighted by molar-refractivity contribution is -0.145. The lowest BCUT2D eigenvalue weighted by Crippen LogP contribution is -2.39. The topological polar surface area (TPSA) is 41.6 Å². The van der Waals surface area contributed by atoms with Gasteiger partial charge in [0.05, 0.1) is 6.61 Å². The van der Waals surface area contributed by atoms with E-state index in [-0.39, 0.29) is 12.0 Å². The summed E-state index contributed by atoms with van der Waals surface area (Å²) >= 11 is 11.5. The van der Waals surface area contributed by atoms with Crippen LogP contribution in [0.2, 0.25) is 0 Å². The maximum absolute atomic E-state index is 11.6. The maximum atomic E-state index is 11.6. The molecule has 0 aromatic rings. The van der Waals surface area contributed by atoms with E-state index in [1.54, 1.807) is 0 Å². The molecule has 4 nitrogen and oxygen atoms in total. The van der Waals surface area contributed by atoms with Crippen LogP contribution in [0.4, 0.5) is 0 Å². The first-order chi connectivity index (χ1) is 8.22. The minimum absolute atomic E-state index is 0.160. The van der Waals surface area contributed by atoms with E-state index in [0.29, 0.717) is 24.4 Å². The van der Waals surface area contributed by atoms with Crippen LogP contribution < -0.4 is 5.32 Å². The number of esters is 1. The largest absolute Gasteiger partial charge is 0.465 e. The van der Waals surface area contributed by atoms with Crippen LogP contribution in [-0.2, 0) is 9.53 Å². The molecule has 1 rings (SSSR count). The molecule has 0 aromatic carbocycles. The highest BCUT2D eigenvalue weighted by Gasteiger charge is 2.33. The number of nitrogens with zero attached hydrogens (tertiary/aromatic N) is 1. The molecule has 1 N–H and O–H groups in total. The fourth-order valence-corrected chi connectivity index (χ4v) is 2.55. The lowest BCUT2D eigenvalue weighted by atomic mass is 10.1. The Morgan fingerprint density at radius 3 is 2.59 bits per heavy atom. The molecule has 1 aliphatic heterocycles. The van der Waals surface area contributed by atoms with Crippen molar-refractivity contribution in [1.29, 1.82) is 0 Å². The third-order valence-corrected chi connectivity index (χ3v) is 3.28. The Hall–Kier alpha value is -0.0300. The van der Waals surface area contributed by atoms with E-state index in [1.165, 1.54) is 0 Å². The smallest absolute Gasteiger partial charge is 0.323 e. The number of alkyl halides is 2. The van der Waals surface area contributed by atoms with Crippen LogP contribution >= 0.6 is 23.2 Å². The van der Waals surface area contributed by atoms with Crippen LogP contribution in [0.1, 0.15) is 13.3 Å². The Morgan fingerprint density at radius 2 is 2.06 bits per heavy atom. The Kier molecular flexibility index (Phi) is 7.19. The monoisotopic (exact) mass is 282 g/mol. The predicted molar refractivity (Wildman–Crippen MR) is 69.8 cm³/mol. The first-order valence-corrected chi connectivity index (χ1v) is 7.05. The molecular weight excluding hydrogens is 263 g/mol. The van der Waals surface area contributed by atoms with Crippen molar-refractivity contribution in [1.82, 2.24) is 10.2 Å². The van der Waals surface area contributed by atoms with Crippen LogP contribution in [0, 0.1) is 0 Å². The van der Waals surface area contributed by atoms with Gasteiger partial charge in [-0.05, 0) is 13.3 Å². The van der Waals surface area contributed by atoms with E-state index in [0.717, 1.165) is 26.1 Å². The number of ether oxygens (including phenoxy) is 1. The van der Waals surface area contributed by atoms with E-state index in [9.17, 15) is 4.79 Å². The van der Waals surface area contributed by atoms with Crippen molar-refractivity contribution in [2.75, 3.05) is 38.0 Å². The van der Waals surface area contributed by atoms with Gasteiger partial charge in [0, 0.05) is 37.4 Å². The average Bonchev–Trinajstić information content (AvgIpc) is 2.78. The molecule has 1 aliphatic rings. The third-order valence-electron chi connectivity index (χ3n) is 2.94. The molecule has 1 saturated heterocycles. The van der Waals surface area contributed by atoms with Gasteiger partial charge in [-0.1, -0.05) is 0 Å². The second kappa shape index (κ2) is 8.14. The normalized spacial score (nSPS) is 24.2. The molecule has 0 spiro atoms. The Balaban J connectivity index is 2.43. The minimum Gasteiger partial charge on any atom is -0.465 e. The van der Waals surface area contributed by atoms with Gasteiger partial charge in [0.1, 0.15) is 6.04 Å². The molecule has 0 amide bonds. The molecule has 0 aromatic heterocycles. The summed E-state index contributed by atoms with van der Waals surface area (Å²) in [5.41, 5.74) is 0. The highest BCUT2D eigenvalue weighted by atomic mass is 35.5. The highest BCUT2D eigenvalue weighted by Crippen LogP contribution is 2.15. The van der Waals surface area contributed by atoms with E-state index in [4.69, 9.17) is 27.9 Å². The van der Waals surface area contributed by atoms with Crippen LogP contribution in [0.15, 0.2) is 0 Å². The second-order valence-corrected chi connectivity index (χ2v) is 4.77. The summed E-state index contributed by atoms with van der Waals surface area (Å²) in [5.74, 6) is 1.00. The molecule has 1 fully saturated rings. The fourth-order valence-electron chi connectivity index (χ4n) is 2.11. The van der Waals surface area contributed by atoms with E-state index < -0.39 is 0 Å². The number of nitrogens with one attached hydrogen (secondary N) is 1. The summed E-state index contributed by atoms with van der Waals surface area (Å²) in [7, 11) is 0. The molecule has 0 radical (unpaired) electrons. The zero-order valence-corrected chi connectivity index (χ0v) is 11.6. The van der Waals surface area contributed by atoms with Gasteiger partial charge in [-0.15, -0.1) is 23.2 Å². The molecular formula is C11H20Cl2N2O2. The summed E-state index contributed by atoms with van der Waals surface area (Å²) in [6.45, 7) is 4.63. The highest BCUT2D eigenvalue weighted by molar-refractivity contribution is 6.18. The lowest BCUT2D eigenvalue weighted by Gasteiger charge is -2.26. The number of hydrogen-bond donors (Lipinski definition) is 1. The quantitative estimate of drug-likeness (QED) is 0.560. The molecule has 6 heteroatoms. The van der Waals surface area contributed by atoms with Crippen molar-refractivity contribution in [2.24, 2.45) is 0 Å². The van der Waals surface area contributed by atoms with Gasteiger partial charge in [-0.3, -0.25) is 9.69 Å². The van der Waals surface area contributed by atoms with E-state index >= 15 is 0 Å². The van der Waals surface area contributed by atoms with Crippen molar-refractivity contribution in [3.63, 3.8) is 0 Å². The van der Waals surface area contributed by atoms with Crippen molar-refractivity contribution >= 4 is 29.2 Å². The predicted octanol–water partition coefficient (Wildman–Crippen LogP) is 1.06. The van der Waals surface area contributed by atoms with Gasteiger partial charge in [-0.2, -0.15) is 0 Å². The molecule has 2 atom stereocenters. The first-order valence-electron chi connectivity index (χ1n) is 5.98. The number of carbonyl (C=O) groups is 1. The summed E-state index contributed by atoms with van der Waals surface area (Å²) in [6, 6.07) is 0.134. The van der Waals surface area contributed by atoms with Crippen molar-refractivity contribution in [3.05, 3.63) is 0 Å². The van der Waals surface area contributed by atoms with E-state index in [2.05, 4.69) is 10.2 Å². The van der Waals surface area contributed by atoms with Crippen LogP contribution in [0.5, 0.6) is 0 Å². The van der Waals surface area contributed by atoms with Gasteiger partial charge < -0.3 is 10.1 Å². The maximum Gasteiger partial charge on any atom is 0.323 e. The van der Waals surface area contributed by atoms with Gasteiger partial charge in [0.15, 0.2) is 0 Å². The Morgan fingerprint density at radius 1 is 1.41 bits per heavy atom. The van der Waals surface area contributed by atoms with Crippen molar-refractivity contribution in [3.8, 4) is 0 Å². The van der Waals surface area contributed by atoms with Crippen molar-refractivity contribution < 1.29 is 9.53 Å². The SMILES string of the molecule is CCOC(=O)[C@@H]1CC(N(CCCl)CCCl)CN1. The standard InChI is InChI=1S/C11H20Cl2N2O2/c1-2-17-11(16)10-7-9(8-14-10)15(5-3-12)6-4-13/h9-10,14H,2-8H2,1H3/t9?,10-/m0/s1. The molecule has 17 heavy (non-hydrogen) atoms. The van der Waals surface area contributed by atoms with Gasteiger partial charge in [-0.25, -0.2) is 0 Å². The Labute approximate surface area is 113 Å². The van der Waals surface area contributed by atoms with Crippen LogP contribution in [0.25, 0.3) is 0 Å². The van der Waals surface area contributed by atoms with Gasteiger partial charge >= 0.3 is 5.97 Å². The minimum atomic E-state index is -0.187. The zero-order valence-electron chi connectivity index (χ0n) is 10.1. The molecule has 1 unspecified atom stereocenters. The summed E-state index contributed by atoms with van der Waals surface area (Å²) < 4.78 is 5.00. The molecule has 100 valence electrons. The zero-order chi connectivity index (χ0) is 12.7. The number of carbonyl (C=O) groups excluding carboxylic acids is 1. The van der Waals surface area contributed by atoms with Crippen LogP contribution in [0.3, 0.4) is 0 Å². The molecule has 0 bridgehead atoms. The number of rotatable bonds is 7. The molecule has 1 heterocycles. The van der Waals surface area contributed by atoms with Gasteiger partial charge in [0.25, 0.3) is 0 Å². The van der Waals surface area contributed by atoms with Gasteiger partial charge in [0.2, 0.25) is 0 Å². The number of hydrogen-bond acceptors (Lipinski definition) is 4. The van der Waals surface area contributed by atoms with Crippen LogP contribution in [-0.4, -0.2) is 61.0 Å².